The molecule has 4 aromatic carbocycles. The molecule has 5 aliphatic rings. The molecular formula is C88H96N14O22. The first-order valence-corrected chi connectivity index (χ1v) is 40.8. The van der Waals surface area contributed by atoms with Crippen LogP contribution in [0.3, 0.4) is 0 Å². The van der Waals surface area contributed by atoms with E-state index in [1.165, 1.54) is 18.7 Å². The fraction of sp³-hybridized carbons (Fsp3) is 0.386. The maximum absolute atomic E-state index is 13.9. The number of anilines is 2. The number of ether oxygens (including phenoxy) is 6. The Hall–Kier alpha value is -13.7. The lowest BCUT2D eigenvalue weighted by Crippen LogP contribution is -2.57. The first kappa shape index (κ1) is 88.1. The van der Waals surface area contributed by atoms with Crippen molar-refractivity contribution >= 4 is 105 Å². The lowest BCUT2D eigenvalue weighted by Gasteiger charge is -2.31. The van der Waals surface area contributed by atoms with Crippen molar-refractivity contribution < 1.29 is 96.2 Å². The molecule has 10 amide bonds. The highest BCUT2D eigenvalue weighted by Crippen LogP contribution is 2.44. The highest BCUT2D eigenvalue weighted by molar-refractivity contribution is 6.13. The highest BCUT2D eigenvalue weighted by Gasteiger charge is 2.48. The van der Waals surface area contributed by atoms with Crippen LogP contribution in [0.15, 0.2) is 119 Å². The van der Waals surface area contributed by atoms with Gasteiger partial charge in [-0.25, -0.2) is 29.1 Å². The van der Waals surface area contributed by atoms with E-state index in [1.807, 2.05) is 13.8 Å². The maximum atomic E-state index is 13.9. The van der Waals surface area contributed by atoms with Crippen LogP contribution in [0, 0.1) is 11.8 Å². The fourth-order valence-electron chi connectivity index (χ4n) is 15.7. The molecule has 5 aliphatic heterocycles. The van der Waals surface area contributed by atoms with Crippen LogP contribution in [0.2, 0.25) is 0 Å². The number of hydrogen-bond donors (Lipinski definition) is 10. The summed E-state index contributed by atoms with van der Waals surface area (Å²) >= 11 is 0. The van der Waals surface area contributed by atoms with Gasteiger partial charge in [-0.15, -0.1) is 0 Å². The van der Waals surface area contributed by atoms with Crippen molar-refractivity contribution in [3.05, 3.63) is 186 Å². The molecule has 36 nitrogen and oxygen atoms in total. The fourth-order valence-corrected chi connectivity index (χ4v) is 15.7. The molecule has 8 aromatic rings. The van der Waals surface area contributed by atoms with Crippen molar-refractivity contribution in [2.45, 2.75) is 170 Å². The van der Waals surface area contributed by atoms with E-state index in [4.69, 9.17) is 38.4 Å². The Morgan fingerprint density at radius 1 is 0.508 bits per heavy atom. The summed E-state index contributed by atoms with van der Waals surface area (Å²) in [5.74, 6) is -7.27. The van der Waals surface area contributed by atoms with Crippen LogP contribution in [-0.4, -0.2) is 174 Å². The molecule has 0 saturated heterocycles. The SMILES string of the molecule is CCc1c2c(nc3ccc(OCNC(=O)OCc4ccc(NC(=O)[C@H](C)NC(=O)[C@@H](NC(=O)CN(CCN5C(=O)C=CC5=O)CC(=O)N[C@H](C(=O)N[C@@H](C)C(=O)Nc5ccc(COC(=O)NCOc6ccc7nc8c(c(CC)c7c6)Cn6c-8cc7c(c6=O)COC(=O)[C@]7(O)CC)cc5)C(C)C)C(C)C)cc4)cc13)-c1cc3c(c(=O)n1C2)COC(=O)[C@]3(O)CC. The van der Waals surface area contributed by atoms with Crippen molar-refractivity contribution in [3.8, 4) is 34.3 Å². The van der Waals surface area contributed by atoms with E-state index < -0.39 is 132 Å². The van der Waals surface area contributed by atoms with Crippen LogP contribution in [-0.2, 0) is 130 Å². The Labute approximate surface area is 710 Å². The number of aliphatic hydroxyl groups is 2. The van der Waals surface area contributed by atoms with Gasteiger partial charge >= 0.3 is 24.1 Å². The first-order chi connectivity index (χ1) is 59.2. The minimum absolute atomic E-state index is 0.0174. The van der Waals surface area contributed by atoms with Gasteiger partial charge in [0.2, 0.25) is 35.4 Å². The molecule has 0 fully saturated rings. The topological polar surface area (TPSA) is 473 Å². The van der Waals surface area contributed by atoms with E-state index in [0.717, 1.165) is 50.1 Å². The standard InChI is InChI=1S/C88H96N14O22/c1-11-55-57-31-53(23-25-65(57)95-75-59(55)35-101-67(75)33-63-61(81(101)111)41-119-83(113)87(63,117)13-3)123-43-89-85(115)121-39-49-15-19-51(20-16-49)93-77(107)47(9)91-79(109)73(45(5)6)97-69(103)37-99(29-30-100-71(105)27-28-72(100)106)38-70(104)98-74(46(7)8)80(110)92-48(10)78(108)94-52-21-17-50(18-22-52)40-122-86(116)90-44-124-54-24-26-66-58(32-54)56(12-2)60-36-102-68(76(60)96-66)34-64-62(82(102)112)42-120-84(114)88(64,118)14-4/h15-28,31-34,45-48,73-74,117-118H,11-14,29-30,35-44H2,1-10H3,(H,89,115)(H,90,116)(H,91,109)(H,92,110)(H,93,107)(H,94,108)(H,97,103)(H,98,104)/t47-,48-,73-,74-,87-,88-/m0/s1. The molecule has 0 unspecified atom stereocenters. The zero-order chi connectivity index (χ0) is 88.9. The molecule has 4 aromatic heterocycles. The summed E-state index contributed by atoms with van der Waals surface area (Å²) < 4.78 is 36.2. The largest absolute Gasteiger partial charge is 0.473 e. The van der Waals surface area contributed by atoms with Crippen molar-refractivity contribution in [2.24, 2.45) is 11.8 Å². The molecule has 650 valence electrons. The summed E-state index contributed by atoms with van der Waals surface area (Å²) in [7, 11) is 0. The van der Waals surface area contributed by atoms with E-state index in [2.05, 4.69) is 42.5 Å². The molecule has 36 heteroatoms. The number of carbonyl (C=O) groups is 12. The zero-order valence-electron chi connectivity index (χ0n) is 69.9. The highest BCUT2D eigenvalue weighted by atomic mass is 16.6. The second-order valence-electron chi connectivity index (χ2n) is 31.5. The average molecular weight is 1700 g/mol. The number of carbonyl (C=O) groups excluding carboxylic acids is 12. The first-order valence-electron chi connectivity index (χ1n) is 40.8. The van der Waals surface area contributed by atoms with Gasteiger partial charge in [-0.1, -0.05) is 79.7 Å². The van der Waals surface area contributed by atoms with Crippen LogP contribution in [0.4, 0.5) is 21.0 Å². The summed E-state index contributed by atoms with van der Waals surface area (Å²) in [4.78, 5) is 198. The lowest BCUT2D eigenvalue weighted by atomic mass is 9.86. The molecule has 0 saturated carbocycles. The number of benzene rings is 4. The molecule has 6 atom stereocenters. The normalized spacial score (nSPS) is 16.8. The average Bonchev–Trinajstić information content (AvgIpc) is 1.54. The molecule has 0 bridgehead atoms. The second kappa shape index (κ2) is 36.9. The number of rotatable bonds is 33. The van der Waals surface area contributed by atoms with Crippen molar-refractivity contribution in [3.63, 3.8) is 0 Å². The van der Waals surface area contributed by atoms with Gasteiger partial charge in [-0.3, -0.25) is 68.4 Å². The van der Waals surface area contributed by atoms with Crippen LogP contribution in [0.1, 0.15) is 138 Å². The molecule has 13 rings (SSSR count). The Bertz CT molecular complexity index is 5480. The third kappa shape index (κ3) is 18.4. The number of fused-ring (bicyclic) bond motifs is 10. The third-order valence-electron chi connectivity index (χ3n) is 22.7. The summed E-state index contributed by atoms with van der Waals surface area (Å²) in [5, 5.41) is 45.3. The molecule has 0 aliphatic carbocycles. The second-order valence-corrected chi connectivity index (χ2v) is 31.5. The number of alkyl carbamates (subject to hydrolysis) is 2. The summed E-state index contributed by atoms with van der Waals surface area (Å²) in [5.41, 5.74) is 4.90. The monoisotopic (exact) mass is 1700 g/mol. The predicted molar refractivity (Wildman–Crippen MR) is 447 cm³/mol. The minimum Gasteiger partial charge on any atom is -0.473 e. The van der Waals surface area contributed by atoms with Gasteiger partial charge in [0.05, 0.1) is 71.1 Å². The number of pyridine rings is 4. The predicted octanol–water partition coefficient (Wildman–Crippen LogP) is 5.22. The van der Waals surface area contributed by atoms with Crippen LogP contribution >= 0.6 is 0 Å². The lowest BCUT2D eigenvalue weighted by molar-refractivity contribution is -0.172. The quantitative estimate of drug-likeness (QED) is 0.0109. The van der Waals surface area contributed by atoms with Gasteiger partial charge in [0.15, 0.2) is 24.7 Å². The number of cyclic esters (lactones) is 2. The Morgan fingerprint density at radius 2 is 0.903 bits per heavy atom. The molecule has 0 radical (unpaired) electrons. The Balaban J connectivity index is 0.532. The summed E-state index contributed by atoms with van der Waals surface area (Å²) in [6.45, 7) is 14.4. The molecular weight excluding hydrogens is 1610 g/mol. The van der Waals surface area contributed by atoms with Crippen LogP contribution in [0.25, 0.3) is 44.6 Å². The van der Waals surface area contributed by atoms with E-state index in [9.17, 15) is 77.3 Å². The Morgan fingerprint density at radius 3 is 1.27 bits per heavy atom. The number of amides is 10. The van der Waals surface area contributed by atoms with Crippen molar-refractivity contribution in [1.82, 2.24) is 60.8 Å². The number of aromatic nitrogens is 4. The summed E-state index contributed by atoms with van der Waals surface area (Å²) in [6.07, 6.45) is 1.77. The molecule has 124 heavy (non-hydrogen) atoms. The van der Waals surface area contributed by atoms with Crippen molar-refractivity contribution in [2.75, 3.05) is 50.3 Å². The van der Waals surface area contributed by atoms with Gasteiger partial charge in [-0.2, -0.15) is 0 Å². The summed E-state index contributed by atoms with van der Waals surface area (Å²) in [6, 6.07) is 21.8. The molecule has 10 N–H and O–H groups in total. The minimum atomic E-state index is -1.96. The molecule has 0 spiro atoms. The van der Waals surface area contributed by atoms with E-state index in [0.29, 0.717) is 80.7 Å². The van der Waals surface area contributed by atoms with E-state index in [-0.39, 0.29) is 112 Å². The smallest absolute Gasteiger partial charge is 0.410 e. The number of nitrogens with one attached hydrogen (secondary N) is 8. The van der Waals surface area contributed by atoms with E-state index >= 15 is 0 Å². The van der Waals surface area contributed by atoms with Crippen LogP contribution in [0.5, 0.6) is 11.5 Å². The van der Waals surface area contributed by atoms with Crippen molar-refractivity contribution in [1.29, 1.82) is 0 Å². The number of esters is 2. The number of hydrogen-bond acceptors (Lipinski definition) is 25. The van der Waals surface area contributed by atoms with Gasteiger partial charge in [0.1, 0.15) is 62.1 Å². The maximum Gasteiger partial charge on any atom is 0.410 e. The number of imide groups is 1. The van der Waals surface area contributed by atoms with Crippen LogP contribution < -0.4 is 63.1 Å². The third-order valence-corrected chi connectivity index (χ3v) is 22.7. The number of nitrogens with zero attached hydrogens (tertiary/aromatic N) is 6. The Kier molecular flexibility index (Phi) is 26.2. The van der Waals surface area contributed by atoms with Gasteiger partial charge in [0, 0.05) is 69.6 Å². The van der Waals surface area contributed by atoms with Gasteiger partial charge in [-0.05, 0) is 146 Å². The molecule has 9 heterocycles. The zero-order valence-corrected chi connectivity index (χ0v) is 69.9. The van der Waals surface area contributed by atoms with Gasteiger partial charge in [0.25, 0.3) is 22.9 Å². The van der Waals surface area contributed by atoms with E-state index in [1.54, 1.807) is 148 Å². The van der Waals surface area contributed by atoms with Gasteiger partial charge < -0.3 is 79.7 Å². The number of aryl methyl sites for hydroxylation is 2.